The van der Waals surface area contributed by atoms with Crippen LogP contribution in [0.1, 0.15) is 21.5 Å². The molecule has 0 aromatic heterocycles. The van der Waals surface area contributed by atoms with Crippen LogP contribution in [0.2, 0.25) is 0 Å². The van der Waals surface area contributed by atoms with E-state index >= 15 is 0 Å². The normalized spacial score (nSPS) is 12.1. The lowest BCUT2D eigenvalue weighted by Gasteiger charge is -2.11. The van der Waals surface area contributed by atoms with Gasteiger partial charge in [-0.3, -0.25) is 19.1 Å². The Morgan fingerprint density at radius 2 is 1.68 bits per heavy atom. The Labute approximate surface area is 204 Å². The summed E-state index contributed by atoms with van der Waals surface area (Å²) in [5.74, 6) is 1.32. The monoisotopic (exact) mass is 497 g/mol. The van der Waals surface area contributed by atoms with Gasteiger partial charge in [0.2, 0.25) is 5.78 Å². The lowest BCUT2D eigenvalue weighted by molar-refractivity contribution is -0.385. The minimum absolute atomic E-state index is 0.0335. The number of hydrogen-bond acceptors (Lipinski definition) is 7. The second-order valence-electron chi connectivity index (χ2n) is 7.11. The molecule has 0 N–H and O–H groups in total. The molecule has 0 saturated carbocycles. The maximum absolute atomic E-state index is 13.4. The predicted octanol–water partition coefficient (Wildman–Crippen LogP) is 5.51. The molecule has 0 spiro atoms. The van der Waals surface area contributed by atoms with Crippen LogP contribution in [0.3, 0.4) is 0 Å². The molecule has 0 heterocycles. The van der Waals surface area contributed by atoms with Gasteiger partial charge in [0.1, 0.15) is 11.5 Å². The number of nitro groups is 1. The summed E-state index contributed by atoms with van der Waals surface area (Å²) in [6, 6.07) is 18.9. The van der Waals surface area contributed by atoms with E-state index in [1.54, 1.807) is 19.2 Å². The first-order valence-electron chi connectivity index (χ1n) is 10.1. The molecule has 0 aliphatic rings. The van der Waals surface area contributed by atoms with Crippen LogP contribution in [-0.2, 0) is 16.6 Å². The van der Waals surface area contributed by atoms with Gasteiger partial charge >= 0.3 is 0 Å². The van der Waals surface area contributed by atoms with E-state index in [4.69, 9.17) is 9.47 Å². The van der Waals surface area contributed by atoms with Crippen LogP contribution in [0.5, 0.6) is 11.5 Å². The summed E-state index contributed by atoms with van der Waals surface area (Å²) in [4.78, 5) is 25.1. The Hall–Kier alpha value is -3.43. The number of ketones is 1. The molecular weight excluding hydrogens is 474 g/mol. The lowest BCUT2D eigenvalue weighted by atomic mass is 10.1. The fourth-order valence-corrected chi connectivity index (χ4v) is 4.83. The number of ether oxygens (including phenoxy) is 2. The number of thioether (sulfide) groups is 1. The first-order chi connectivity index (χ1) is 16.3. The summed E-state index contributed by atoms with van der Waals surface area (Å²) in [6.45, 7) is 0. The highest BCUT2D eigenvalue weighted by molar-refractivity contribution is 7.98. The third-order valence-electron chi connectivity index (χ3n) is 4.94. The number of rotatable bonds is 10. The van der Waals surface area contributed by atoms with E-state index in [9.17, 15) is 19.1 Å². The maximum Gasteiger partial charge on any atom is 0.276 e. The summed E-state index contributed by atoms with van der Waals surface area (Å²) in [6.07, 6.45) is 2.69. The Morgan fingerprint density at radius 1 is 1.03 bits per heavy atom. The van der Waals surface area contributed by atoms with E-state index < -0.39 is 21.5 Å². The molecule has 34 heavy (non-hydrogen) atoms. The van der Waals surface area contributed by atoms with Gasteiger partial charge in [0.25, 0.3) is 5.69 Å². The summed E-state index contributed by atoms with van der Waals surface area (Å²) in [7, 11) is 1.35. The van der Waals surface area contributed by atoms with Gasteiger partial charge in [-0.25, -0.2) is 0 Å². The minimum atomic E-state index is -1.69. The third-order valence-corrected chi connectivity index (χ3v) is 7.00. The van der Waals surface area contributed by atoms with Gasteiger partial charge in [0, 0.05) is 28.5 Å². The third kappa shape index (κ3) is 6.12. The number of carbonyl (C=O) groups is 1. The first-order valence-corrected chi connectivity index (χ1v) is 12.7. The molecule has 0 saturated heterocycles. The number of methoxy groups -OCH3 is 2. The second-order valence-corrected chi connectivity index (χ2v) is 9.47. The standard InChI is InChI=1S/C25H23NO6S2/c1-31-19-10-8-17(9-11-19)16-33-23-7-5-4-6-21(23)25(27)24(34(3)30)15-18-14-20(32-2)12-13-22(18)26(28)29/h4-15H,16H2,1-3H3/b24-15-. The smallest absolute Gasteiger partial charge is 0.276 e. The van der Waals surface area contributed by atoms with Crippen molar-refractivity contribution in [3.63, 3.8) is 0 Å². The van der Waals surface area contributed by atoms with Crippen molar-refractivity contribution in [3.8, 4) is 11.5 Å². The molecule has 0 aliphatic carbocycles. The van der Waals surface area contributed by atoms with Gasteiger partial charge in [-0.2, -0.15) is 0 Å². The average molecular weight is 498 g/mol. The summed E-state index contributed by atoms with van der Waals surface area (Å²) in [5.41, 5.74) is 1.37. The van der Waals surface area contributed by atoms with Crippen LogP contribution >= 0.6 is 11.8 Å². The van der Waals surface area contributed by atoms with Crippen molar-refractivity contribution in [2.24, 2.45) is 0 Å². The van der Waals surface area contributed by atoms with Gasteiger partial charge in [0.15, 0.2) is 0 Å². The summed E-state index contributed by atoms with van der Waals surface area (Å²) >= 11 is 1.48. The van der Waals surface area contributed by atoms with E-state index in [0.29, 0.717) is 17.1 Å². The Bertz CT molecular complexity index is 1250. The number of hydrogen-bond donors (Lipinski definition) is 0. The topological polar surface area (TPSA) is 95.7 Å². The molecule has 0 radical (unpaired) electrons. The number of Topliss-reactive ketones (excluding diaryl/α,β-unsaturated/α-hetero) is 1. The molecular formula is C25H23NO6S2. The predicted molar refractivity (Wildman–Crippen MR) is 135 cm³/mol. The van der Waals surface area contributed by atoms with Gasteiger partial charge in [0.05, 0.1) is 40.4 Å². The molecule has 0 amide bonds. The first kappa shape index (κ1) is 25.2. The highest BCUT2D eigenvalue weighted by atomic mass is 32.2. The van der Waals surface area contributed by atoms with Gasteiger partial charge in [-0.15, -0.1) is 11.8 Å². The van der Waals surface area contributed by atoms with E-state index in [-0.39, 0.29) is 16.2 Å². The minimum Gasteiger partial charge on any atom is -0.497 e. The van der Waals surface area contributed by atoms with Crippen molar-refractivity contribution in [2.45, 2.75) is 10.6 Å². The maximum atomic E-state index is 13.4. The van der Waals surface area contributed by atoms with Gasteiger partial charge < -0.3 is 9.47 Å². The number of nitrogens with zero attached hydrogens (tertiary/aromatic N) is 1. The summed E-state index contributed by atoms with van der Waals surface area (Å²) in [5, 5.41) is 11.5. The fourth-order valence-electron chi connectivity index (χ4n) is 3.16. The SMILES string of the molecule is COc1ccc(CSc2ccccc2C(=O)/C(=C/c2cc(OC)ccc2[N+](=O)[O-])S(C)=O)cc1. The quantitative estimate of drug-likeness (QED) is 0.120. The van der Waals surface area contributed by atoms with E-state index in [1.165, 1.54) is 49.4 Å². The molecule has 0 aliphatic heterocycles. The van der Waals surface area contributed by atoms with Crippen molar-refractivity contribution in [1.29, 1.82) is 0 Å². The molecule has 1 unspecified atom stereocenters. The molecule has 3 aromatic carbocycles. The zero-order valence-corrected chi connectivity index (χ0v) is 20.5. The molecule has 176 valence electrons. The molecule has 0 fully saturated rings. The molecule has 0 bridgehead atoms. The number of carbonyl (C=O) groups excluding carboxylic acids is 1. The molecule has 3 rings (SSSR count). The van der Waals surface area contributed by atoms with Crippen molar-refractivity contribution < 1.29 is 23.4 Å². The highest BCUT2D eigenvalue weighted by Gasteiger charge is 2.22. The molecule has 9 heteroatoms. The zero-order valence-electron chi connectivity index (χ0n) is 18.8. The van der Waals surface area contributed by atoms with Gasteiger partial charge in [-0.05, 0) is 48.0 Å². The lowest BCUT2D eigenvalue weighted by Crippen LogP contribution is -2.09. The molecule has 7 nitrogen and oxygen atoms in total. The van der Waals surface area contributed by atoms with E-state index in [0.717, 1.165) is 16.2 Å². The second kappa shape index (κ2) is 11.6. The highest BCUT2D eigenvalue weighted by Crippen LogP contribution is 2.31. The van der Waals surface area contributed by atoms with Crippen LogP contribution in [0.15, 0.2) is 76.5 Å². The largest absolute Gasteiger partial charge is 0.497 e. The van der Waals surface area contributed by atoms with Crippen molar-refractivity contribution >= 4 is 40.1 Å². The van der Waals surface area contributed by atoms with Crippen molar-refractivity contribution in [3.05, 3.63) is 98.4 Å². The number of benzene rings is 3. The van der Waals surface area contributed by atoms with E-state index in [1.807, 2.05) is 36.4 Å². The van der Waals surface area contributed by atoms with Crippen LogP contribution in [-0.4, -0.2) is 35.4 Å². The number of nitro benzene ring substituents is 1. The zero-order chi connectivity index (χ0) is 24.7. The Kier molecular flexibility index (Phi) is 8.61. The fraction of sp³-hybridized carbons (Fsp3) is 0.160. The van der Waals surface area contributed by atoms with Crippen molar-refractivity contribution in [1.82, 2.24) is 0 Å². The van der Waals surface area contributed by atoms with Crippen molar-refractivity contribution in [2.75, 3.05) is 20.5 Å². The molecule has 3 aromatic rings. The average Bonchev–Trinajstić information content (AvgIpc) is 2.85. The van der Waals surface area contributed by atoms with Gasteiger partial charge in [-0.1, -0.05) is 24.3 Å². The Balaban J connectivity index is 1.95. The number of allylic oxidation sites excluding steroid dienone is 1. The van der Waals surface area contributed by atoms with Crippen LogP contribution < -0.4 is 9.47 Å². The van der Waals surface area contributed by atoms with E-state index in [2.05, 4.69) is 0 Å². The summed E-state index contributed by atoms with van der Waals surface area (Å²) < 4.78 is 22.9. The van der Waals surface area contributed by atoms with Crippen LogP contribution in [0, 0.1) is 10.1 Å². The Morgan fingerprint density at radius 3 is 2.29 bits per heavy atom. The van der Waals surface area contributed by atoms with Crippen LogP contribution in [0.4, 0.5) is 5.69 Å². The van der Waals surface area contributed by atoms with Crippen LogP contribution in [0.25, 0.3) is 6.08 Å². The molecule has 1 atom stereocenters.